The molecule has 0 radical (unpaired) electrons. The van der Waals surface area contributed by atoms with Crippen LogP contribution in [-0.2, 0) is 9.59 Å². The van der Waals surface area contributed by atoms with Crippen LogP contribution in [0, 0.1) is 6.92 Å². The highest BCUT2D eigenvalue weighted by molar-refractivity contribution is 5.88. The highest BCUT2D eigenvalue weighted by Crippen LogP contribution is 2.22. The van der Waals surface area contributed by atoms with Crippen molar-refractivity contribution >= 4 is 23.6 Å². The number of carbonyl (C=O) groups is 2. The van der Waals surface area contributed by atoms with E-state index in [4.69, 9.17) is 5.11 Å². The molecule has 0 bridgehead atoms. The normalized spacial score (nSPS) is 10.5. The van der Waals surface area contributed by atoms with Gasteiger partial charge in [-0.15, -0.1) is 0 Å². The van der Waals surface area contributed by atoms with E-state index in [1.165, 1.54) is 6.08 Å². The lowest BCUT2D eigenvalue weighted by Gasteiger charge is -2.21. The molecular formula is C14H18N2O3. The molecular weight excluding hydrogens is 244 g/mol. The average Bonchev–Trinajstić information content (AvgIpc) is 2.36. The Morgan fingerprint density at radius 1 is 1.42 bits per heavy atom. The van der Waals surface area contributed by atoms with Crippen LogP contribution in [0.15, 0.2) is 24.3 Å². The fourth-order valence-corrected chi connectivity index (χ4v) is 1.70. The standard InChI is InChI=1S/C14H18N2O3/c1-10-4-6-12(16(3)9-13(17)15-2)11(8-10)5-7-14(18)19/h4-8H,9H2,1-3H3,(H,15,17)(H,18,19)/b7-5+. The Labute approximate surface area is 112 Å². The van der Waals surface area contributed by atoms with E-state index >= 15 is 0 Å². The minimum Gasteiger partial charge on any atom is -0.478 e. The van der Waals surface area contributed by atoms with Crippen LogP contribution >= 0.6 is 0 Å². The number of amides is 1. The van der Waals surface area contributed by atoms with Gasteiger partial charge in [0.15, 0.2) is 0 Å². The molecule has 0 fully saturated rings. The van der Waals surface area contributed by atoms with Gasteiger partial charge in [0.25, 0.3) is 0 Å². The van der Waals surface area contributed by atoms with Gasteiger partial charge in [-0.3, -0.25) is 4.79 Å². The zero-order valence-electron chi connectivity index (χ0n) is 11.3. The molecule has 19 heavy (non-hydrogen) atoms. The molecule has 0 aliphatic carbocycles. The molecule has 0 aliphatic rings. The summed E-state index contributed by atoms with van der Waals surface area (Å²) < 4.78 is 0. The Balaban J connectivity index is 3.05. The number of carbonyl (C=O) groups excluding carboxylic acids is 1. The number of carboxylic acid groups (broad SMARTS) is 1. The van der Waals surface area contributed by atoms with Crippen molar-refractivity contribution in [3.63, 3.8) is 0 Å². The topological polar surface area (TPSA) is 69.6 Å². The van der Waals surface area contributed by atoms with Crippen LogP contribution in [0.4, 0.5) is 5.69 Å². The van der Waals surface area contributed by atoms with E-state index in [0.29, 0.717) is 0 Å². The molecule has 5 nitrogen and oxygen atoms in total. The maximum absolute atomic E-state index is 11.4. The van der Waals surface area contributed by atoms with Crippen LogP contribution in [0.25, 0.3) is 6.08 Å². The van der Waals surface area contributed by atoms with Crippen LogP contribution in [0.5, 0.6) is 0 Å². The summed E-state index contributed by atoms with van der Waals surface area (Å²) in [4.78, 5) is 23.8. The van der Waals surface area contributed by atoms with Crippen molar-refractivity contribution in [3.05, 3.63) is 35.4 Å². The molecule has 0 unspecified atom stereocenters. The van der Waals surface area contributed by atoms with Crippen LogP contribution in [-0.4, -0.2) is 37.6 Å². The number of hydrogen-bond donors (Lipinski definition) is 2. The van der Waals surface area contributed by atoms with Crippen LogP contribution in [0.1, 0.15) is 11.1 Å². The van der Waals surface area contributed by atoms with Crippen molar-refractivity contribution in [2.45, 2.75) is 6.92 Å². The van der Waals surface area contributed by atoms with E-state index in [2.05, 4.69) is 5.32 Å². The smallest absolute Gasteiger partial charge is 0.328 e. The fourth-order valence-electron chi connectivity index (χ4n) is 1.70. The molecule has 1 aromatic carbocycles. The van der Waals surface area contributed by atoms with Crippen molar-refractivity contribution in [3.8, 4) is 0 Å². The average molecular weight is 262 g/mol. The van der Waals surface area contributed by atoms with Crippen LogP contribution < -0.4 is 10.2 Å². The Kier molecular flexibility index (Phi) is 5.11. The molecule has 0 saturated heterocycles. The fraction of sp³-hybridized carbons (Fsp3) is 0.286. The second-order valence-electron chi connectivity index (χ2n) is 4.26. The zero-order valence-corrected chi connectivity index (χ0v) is 11.3. The highest BCUT2D eigenvalue weighted by atomic mass is 16.4. The maximum atomic E-state index is 11.4. The second-order valence-corrected chi connectivity index (χ2v) is 4.26. The minimum atomic E-state index is -0.999. The number of aryl methyl sites for hydroxylation is 1. The lowest BCUT2D eigenvalue weighted by molar-refractivity contribution is -0.131. The van der Waals surface area contributed by atoms with Crippen molar-refractivity contribution in [1.82, 2.24) is 5.32 Å². The van der Waals surface area contributed by atoms with Gasteiger partial charge >= 0.3 is 5.97 Å². The number of anilines is 1. The number of benzene rings is 1. The summed E-state index contributed by atoms with van der Waals surface area (Å²) in [5.41, 5.74) is 2.61. The number of likely N-dealkylation sites (N-methyl/N-ethyl adjacent to an activating group) is 2. The summed E-state index contributed by atoms with van der Waals surface area (Å²) >= 11 is 0. The van der Waals surface area contributed by atoms with Crippen molar-refractivity contribution in [1.29, 1.82) is 0 Å². The van der Waals surface area contributed by atoms with Gasteiger partial charge in [-0.05, 0) is 30.7 Å². The predicted molar refractivity (Wildman–Crippen MR) is 75.2 cm³/mol. The van der Waals surface area contributed by atoms with Crippen molar-refractivity contribution < 1.29 is 14.7 Å². The van der Waals surface area contributed by atoms with Gasteiger partial charge in [0, 0.05) is 25.9 Å². The third kappa shape index (κ3) is 4.46. The van der Waals surface area contributed by atoms with Crippen molar-refractivity contribution in [2.24, 2.45) is 0 Å². The van der Waals surface area contributed by atoms with E-state index in [1.807, 2.05) is 25.1 Å². The van der Waals surface area contributed by atoms with Gasteiger partial charge in [-0.2, -0.15) is 0 Å². The monoisotopic (exact) mass is 262 g/mol. The molecule has 0 aromatic heterocycles. The van der Waals surface area contributed by atoms with E-state index in [9.17, 15) is 9.59 Å². The number of hydrogen-bond acceptors (Lipinski definition) is 3. The SMILES string of the molecule is CNC(=O)CN(C)c1ccc(C)cc1/C=C/C(=O)O. The summed E-state index contributed by atoms with van der Waals surface area (Å²) in [5.74, 6) is -1.10. The van der Waals surface area contributed by atoms with Crippen LogP contribution in [0.3, 0.4) is 0 Å². The molecule has 5 heteroatoms. The quantitative estimate of drug-likeness (QED) is 0.784. The summed E-state index contributed by atoms with van der Waals surface area (Å²) in [6.07, 6.45) is 2.62. The first-order chi connectivity index (χ1) is 8.93. The summed E-state index contributed by atoms with van der Waals surface area (Å²) in [6.45, 7) is 2.15. The van der Waals surface area contributed by atoms with E-state index in [1.54, 1.807) is 19.0 Å². The predicted octanol–water partition coefficient (Wildman–Crippen LogP) is 1.28. The highest BCUT2D eigenvalue weighted by Gasteiger charge is 2.09. The molecule has 0 aliphatic heterocycles. The first-order valence-corrected chi connectivity index (χ1v) is 5.87. The number of rotatable bonds is 5. The molecule has 2 N–H and O–H groups in total. The molecule has 0 atom stereocenters. The van der Waals surface area contributed by atoms with Gasteiger partial charge < -0.3 is 15.3 Å². The zero-order chi connectivity index (χ0) is 14.4. The minimum absolute atomic E-state index is 0.101. The van der Waals surface area contributed by atoms with Gasteiger partial charge in [0.1, 0.15) is 0 Å². The molecule has 102 valence electrons. The lowest BCUT2D eigenvalue weighted by atomic mass is 10.1. The second kappa shape index (κ2) is 6.58. The molecule has 0 spiro atoms. The molecule has 0 saturated carbocycles. The Morgan fingerprint density at radius 2 is 2.11 bits per heavy atom. The molecule has 1 rings (SSSR count). The largest absolute Gasteiger partial charge is 0.478 e. The number of nitrogens with one attached hydrogen (secondary N) is 1. The van der Waals surface area contributed by atoms with Gasteiger partial charge in [0.05, 0.1) is 6.54 Å². The van der Waals surface area contributed by atoms with Gasteiger partial charge in [-0.25, -0.2) is 4.79 Å². The lowest BCUT2D eigenvalue weighted by Crippen LogP contribution is -2.33. The first-order valence-electron chi connectivity index (χ1n) is 5.87. The molecule has 0 heterocycles. The molecule has 1 aromatic rings. The van der Waals surface area contributed by atoms with E-state index < -0.39 is 5.97 Å². The molecule has 1 amide bonds. The third-order valence-electron chi connectivity index (χ3n) is 2.66. The first kappa shape index (κ1) is 14.8. The van der Waals surface area contributed by atoms with Crippen molar-refractivity contribution in [2.75, 3.05) is 25.5 Å². The van der Waals surface area contributed by atoms with Crippen LogP contribution in [0.2, 0.25) is 0 Å². The van der Waals surface area contributed by atoms with Gasteiger partial charge in [-0.1, -0.05) is 11.6 Å². The van der Waals surface area contributed by atoms with E-state index in [0.717, 1.165) is 22.9 Å². The maximum Gasteiger partial charge on any atom is 0.328 e. The Morgan fingerprint density at radius 3 is 2.68 bits per heavy atom. The summed E-state index contributed by atoms with van der Waals surface area (Å²) in [5, 5.41) is 11.2. The number of nitrogens with zero attached hydrogens (tertiary/aromatic N) is 1. The third-order valence-corrected chi connectivity index (χ3v) is 2.66. The number of carboxylic acids is 1. The van der Waals surface area contributed by atoms with E-state index in [-0.39, 0.29) is 12.5 Å². The summed E-state index contributed by atoms with van der Waals surface area (Å²) in [7, 11) is 3.37. The van der Waals surface area contributed by atoms with Gasteiger partial charge in [0.2, 0.25) is 5.91 Å². The Bertz CT molecular complexity index is 509. The number of aliphatic carboxylic acids is 1. The Hall–Kier alpha value is -2.30. The summed E-state index contributed by atoms with van der Waals surface area (Å²) in [6, 6.07) is 5.68.